The molecule has 0 aliphatic carbocycles. The Kier molecular flexibility index (Phi) is 7.01. The molecule has 0 radical (unpaired) electrons. The number of ether oxygens (including phenoxy) is 1. The Bertz CT molecular complexity index is 971. The minimum atomic E-state index is -0.747. The number of likely N-dealkylation sites (N-methyl/N-ethyl adjacent to an activating group) is 1. The number of pyridine rings is 1. The highest BCUT2D eigenvalue weighted by Crippen LogP contribution is 2.35. The van der Waals surface area contributed by atoms with Crippen molar-refractivity contribution in [2.24, 2.45) is 10.7 Å². The molecule has 0 aromatic carbocycles. The first-order chi connectivity index (χ1) is 15.0. The van der Waals surface area contributed by atoms with E-state index in [0.29, 0.717) is 29.3 Å². The van der Waals surface area contributed by atoms with Crippen molar-refractivity contribution in [2.45, 2.75) is 25.4 Å². The summed E-state index contributed by atoms with van der Waals surface area (Å²) in [7, 11) is 3.32. The summed E-state index contributed by atoms with van der Waals surface area (Å²) in [6, 6.07) is 0.219. The summed E-state index contributed by atoms with van der Waals surface area (Å²) < 4.78 is 34.6. The number of nitrogens with zero attached hydrogens (tertiary/aromatic N) is 3. The van der Waals surface area contributed by atoms with Crippen molar-refractivity contribution < 1.29 is 13.5 Å². The number of halogens is 2. The van der Waals surface area contributed by atoms with Crippen molar-refractivity contribution in [3.63, 3.8) is 0 Å². The van der Waals surface area contributed by atoms with Crippen LogP contribution in [0.5, 0.6) is 0 Å². The highest BCUT2D eigenvalue weighted by atomic mass is 19.1. The predicted octanol–water partition coefficient (Wildman–Crippen LogP) is 2.44. The molecule has 0 amide bonds. The molecule has 2 aliphatic heterocycles. The molecule has 10 heteroatoms. The largest absolute Gasteiger partial charge is 0.496 e. The molecule has 3 heterocycles. The molecule has 0 bridgehead atoms. The van der Waals surface area contributed by atoms with Crippen molar-refractivity contribution in [3.8, 4) is 0 Å². The molecule has 2 aliphatic rings. The maximum absolute atomic E-state index is 14.8. The third kappa shape index (κ3) is 4.43. The quantitative estimate of drug-likeness (QED) is 0.447. The first-order valence-electron chi connectivity index (χ1n) is 9.97. The van der Waals surface area contributed by atoms with Gasteiger partial charge in [-0.25, -0.2) is 13.8 Å². The molecule has 2 unspecified atom stereocenters. The first-order valence-corrected chi connectivity index (χ1v) is 9.97. The zero-order valence-electron chi connectivity index (χ0n) is 17.7. The van der Waals surface area contributed by atoms with Gasteiger partial charge in [0.05, 0.1) is 19.7 Å². The van der Waals surface area contributed by atoms with Gasteiger partial charge >= 0.3 is 0 Å². The number of rotatable bonds is 9. The molecule has 1 aromatic rings. The zero-order chi connectivity index (χ0) is 22.5. The Morgan fingerprint density at radius 2 is 2.23 bits per heavy atom. The second-order valence-electron chi connectivity index (χ2n) is 7.14. The number of nitrogens with two attached hydrogens (primary N) is 1. The number of methoxy groups -OCH3 is 1. The Balaban J connectivity index is 1.98. The molecule has 31 heavy (non-hydrogen) atoms. The Morgan fingerprint density at radius 1 is 1.45 bits per heavy atom. The number of allylic oxidation sites excluding steroid dienone is 1. The molecule has 5 N–H and O–H groups in total. The van der Waals surface area contributed by atoms with Crippen LogP contribution in [0, 0.1) is 17.0 Å². The maximum Gasteiger partial charge on any atom is 0.168 e. The monoisotopic (exact) mass is 431 g/mol. The Hall–Kier alpha value is -3.27. The van der Waals surface area contributed by atoms with Crippen LogP contribution in [0.15, 0.2) is 46.4 Å². The second-order valence-corrected chi connectivity index (χ2v) is 7.14. The molecular weight excluding hydrogens is 404 g/mol. The Labute approximate surface area is 180 Å². The van der Waals surface area contributed by atoms with E-state index in [0.717, 1.165) is 18.7 Å². The lowest BCUT2D eigenvalue weighted by atomic mass is 10.0. The number of nitrogens with one attached hydrogen (secondary N) is 3. The molecule has 1 aromatic heterocycles. The van der Waals surface area contributed by atoms with Crippen molar-refractivity contribution >= 4 is 17.9 Å². The van der Waals surface area contributed by atoms with E-state index in [-0.39, 0.29) is 24.1 Å². The van der Waals surface area contributed by atoms with E-state index in [9.17, 15) is 8.78 Å². The van der Waals surface area contributed by atoms with Gasteiger partial charge in [-0.05, 0) is 13.5 Å². The fraction of sp³-hybridized carbons (Fsp3) is 0.381. The van der Waals surface area contributed by atoms with Gasteiger partial charge in [-0.2, -0.15) is 0 Å². The van der Waals surface area contributed by atoms with Crippen LogP contribution in [0.2, 0.25) is 0 Å². The number of hydrogen-bond acceptors (Lipinski definition) is 8. The smallest absolute Gasteiger partial charge is 0.168 e. The van der Waals surface area contributed by atoms with Gasteiger partial charge in [-0.15, -0.1) is 0 Å². The van der Waals surface area contributed by atoms with Gasteiger partial charge in [0.2, 0.25) is 0 Å². The SMILES string of the molecule is CCC(CNC)Nc1nc(C2CN=C3C=C(OC)C(/C(C=N)=C/N)=CN32)c(F)cc1F. The number of aliphatic imine (C=N–C) groups is 1. The van der Waals surface area contributed by atoms with Crippen LogP contribution in [0.3, 0.4) is 0 Å². The van der Waals surface area contributed by atoms with Crippen LogP contribution >= 0.6 is 0 Å². The van der Waals surface area contributed by atoms with Gasteiger partial charge in [-0.1, -0.05) is 6.92 Å². The molecule has 0 saturated carbocycles. The summed E-state index contributed by atoms with van der Waals surface area (Å²) >= 11 is 0. The van der Waals surface area contributed by atoms with E-state index in [1.807, 2.05) is 14.0 Å². The van der Waals surface area contributed by atoms with E-state index in [4.69, 9.17) is 15.9 Å². The van der Waals surface area contributed by atoms with Crippen molar-refractivity contribution in [3.05, 3.63) is 58.8 Å². The molecule has 3 rings (SSSR count). The fourth-order valence-corrected chi connectivity index (χ4v) is 3.56. The lowest BCUT2D eigenvalue weighted by Crippen LogP contribution is -2.32. The van der Waals surface area contributed by atoms with Gasteiger partial charge < -0.3 is 31.4 Å². The first kappa shape index (κ1) is 22.4. The lowest BCUT2D eigenvalue weighted by Gasteiger charge is -2.29. The minimum Gasteiger partial charge on any atom is -0.496 e. The average molecular weight is 431 g/mol. The van der Waals surface area contributed by atoms with E-state index >= 15 is 0 Å². The third-order valence-electron chi connectivity index (χ3n) is 5.24. The molecule has 8 nitrogen and oxygen atoms in total. The standard InChI is InChI=1S/C21H27F2N7O/c1-4-13(9-26-2)28-21-16(23)5-15(22)20(29-21)17-10-27-19-6-18(31-3)14(11-30(17)19)12(7-24)8-25/h5-8,11,13,17,24,26H,4,9-10,25H2,1-3H3,(H,28,29)/b12-8+,24-7?. The van der Waals surface area contributed by atoms with Gasteiger partial charge in [0.15, 0.2) is 11.6 Å². The Morgan fingerprint density at radius 3 is 2.84 bits per heavy atom. The van der Waals surface area contributed by atoms with E-state index < -0.39 is 17.7 Å². The van der Waals surface area contributed by atoms with Crippen LogP contribution in [0.4, 0.5) is 14.6 Å². The number of fused-ring (bicyclic) bond motifs is 1. The lowest BCUT2D eigenvalue weighted by molar-refractivity contribution is 0.297. The fourth-order valence-electron chi connectivity index (χ4n) is 3.56. The number of amidine groups is 1. The van der Waals surface area contributed by atoms with Crippen LogP contribution in [0.25, 0.3) is 0 Å². The van der Waals surface area contributed by atoms with Crippen molar-refractivity contribution in [2.75, 3.05) is 32.6 Å². The van der Waals surface area contributed by atoms with Crippen LogP contribution in [0.1, 0.15) is 25.1 Å². The molecular formula is C21H27F2N7O. The molecule has 0 fully saturated rings. The predicted molar refractivity (Wildman–Crippen MR) is 117 cm³/mol. The molecule has 2 atom stereocenters. The summed E-state index contributed by atoms with van der Waals surface area (Å²) in [6.45, 7) is 2.82. The summed E-state index contributed by atoms with van der Waals surface area (Å²) in [4.78, 5) is 10.5. The zero-order valence-corrected chi connectivity index (χ0v) is 17.7. The molecule has 166 valence electrons. The second kappa shape index (κ2) is 9.69. The topological polar surface area (TPSA) is 112 Å². The number of anilines is 1. The molecule has 0 spiro atoms. The van der Waals surface area contributed by atoms with Crippen molar-refractivity contribution in [1.82, 2.24) is 15.2 Å². The maximum atomic E-state index is 14.8. The highest BCUT2D eigenvalue weighted by Gasteiger charge is 2.35. The number of hydrogen-bond donors (Lipinski definition) is 4. The van der Waals surface area contributed by atoms with E-state index in [1.54, 1.807) is 17.2 Å². The third-order valence-corrected chi connectivity index (χ3v) is 5.24. The van der Waals surface area contributed by atoms with Gasteiger partial charge in [0, 0.05) is 54.5 Å². The van der Waals surface area contributed by atoms with Gasteiger partial charge in [0.25, 0.3) is 0 Å². The van der Waals surface area contributed by atoms with Gasteiger partial charge in [-0.3, -0.25) is 4.99 Å². The van der Waals surface area contributed by atoms with E-state index in [1.165, 1.54) is 13.3 Å². The van der Waals surface area contributed by atoms with Gasteiger partial charge in [0.1, 0.15) is 23.1 Å². The van der Waals surface area contributed by atoms with Crippen molar-refractivity contribution in [1.29, 1.82) is 5.41 Å². The average Bonchev–Trinajstić information content (AvgIpc) is 3.18. The van der Waals surface area contributed by atoms with E-state index in [2.05, 4.69) is 20.6 Å². The number of aromatic nitrogens is 1. The molecule has 0 saturated heterocycles. The van der Waals surface area contributed by atoms with Crippen LogP contribution in [-0.2, 0) is 4.74 Å². The summed E-state index contributed by atoms with van der Waals surface area (Å²) in [5.41, 5.74) is 6.73. The highest BCUT2D eigenvalue weighted by molar-refractivity contribution is 5.99. The normalized spacial score (nSPS) is 19.3. The summed E-state index contributed by atoms with van der Waals surface area (Å²) in [5.74, 6) is -0.437. The minimum absolute atomic E-state index is 0.00307. The summed E-state index contributed by atoms with van der Waals surface area (Å²) in [6.07, 6.45) is 6.54. The van der Waals surface area contributed by atoms with Crippen LogP contribution < -0.4 is 16.4 Å². The van der Waals surface area contributed by atoms with Crippen LogP contribution in [-0.4, -0.2) is 55.2 Å². The summed E-state index contributed by atoms with van der Waals surface area (Å²) in [5, 5.41) is 13.7.